The van der Waals surface area contributed by atoms with Crippen molar-refractivity contribution in [2.45, 2.75) is 19.9 Å². The number of anilines is 1. The first-order chi connectivity index (χ1) is 7.74. The molecule has 0 bridgehead atoms. The van der Waals surface area contributed by atoms with Crippen LogP contribution in [0.15, 0.2) is 18.2 Å². The van der Waals surface area contributed by atoms with Crippen molar-refractivity contribution < 1.29 is 4.74 Å². The van der Waals surface area contributed by atoms with Crippen LogP contribution in [0.4, 0.5) is 5.69 Å². The van der Waals surface area contributed by atoms with Crippen LogP contribution in [0.2, 0.25) is 0 Å². The van der Waals surface area contributed by atoms with Crippen molar-refractivity contribution >= 4 is 5.69 Å². The van der Waals surface area contributed by atoms with Gasteiger partial charge in [0.05, 0.1) is 7.11 Å². The van der Waals surface area contributed by atoms with E-state index in [-0.39, 0.29) is 0 Å². The van der Waals surface area contributed by atoms with E-state index in [1.807, 2.05) is 6.07 Å². The number of rotatable bonds is 2. The maximum atomic E-state index is 5.37. The van der Waals surface area contributed by atoms with Crippen molar-refractivity contribution in [3.8, 4) is 5.75 Å². The van der Waals surface area contributed by atoms with Gasteiger partial charge >= 0.3 is 0 Å². The van der Waals surface area contributed by atoms with Gasteiger partial charge in [0.25, 0.3) is 0 Å². The molecule has 1 fully saturated rings. The highest BCUT2D eigenvalue weighted by Crippen LogP contribution is 2.29. The maximum absolute atomic E-state index is 5.37. The van der Waals surface area contributed by atoms with Crippen LogP contribution < -0.4 is 15.0 Å². The van der Waals surface area contributed by atoms with Crippen molar-refractivity contribution in [3.05, 3.63) is 23.8 Å². The van der Waals surface area contributed by atoms with Crippen molar-refractivity contribution in [2.24, 2.45) is 0 Å². The van der Waals surface area contributed by atoms with E-state index in [9.17, 15) is 0 Å². The first kappa shape index (κ1) is 11.3. The number of hydrogen-bond donors (Lipinski definition) is 1. The van der Waals surface area contributed by atoms with Gasteiger partial charge in [0.2, 0.25) is 0 Å². The zero-order chi connectivity index (χ0) is 11.5. The lowest BCUT2D eigenvalue weighted by Crippen LogP contribution is -2.50. The van der Waals surface area contributed by atoms with Gasteiger partial charge in [0.1, 0.15) is 5.75 Å². The van der Waals surface area contributed by atoms with E-state index in [2.05, 4.69) is 36.2 Å². The van der Waals surface area contributed by atoms with Crippen LogP contribution in [0.1, 0.15) is 12.5 Å². The van der Waals surface area contributed by atoms with Crippen LogP contribution in [0.5, 0.6) is 5.75 Å². The van der Waals surface area contributed by atoms with Crippen molar-refractivity contribution in [1.29, 1.82) is 0 Å². The molecule has 16 heavy (non-hydrogen) atoms. The van der Waals surface area contributed by atoms with Crippen LogP contribution in [0, 0.1) is 6.92 Å². The Bertz CT molecular complexity index is 365. The number of methoxy groups -OCH3 is 1. The molecule has 0 unspecified atom stereocenters. The van der Waals surface area contributed by atoms with E-state index in [4.69, 9.17) is 4.74 Å². The Balaban J connectivity index is 2.31. The lowest BCUT2D eigenvalue weighted by atomic mass is 10.1. The van der Waals surface area contributed by atoms with E-state index in [1.165, 1.54) is 11.3 Å². The van der Waals surface area contributed by atoms with Crippen molar-refractivity contribution in [1.82, 2.24) is 5.32 Å². The molecule has 1 heterocycles. The molecule has 0 radical (unpaired) electrons. The van der Waals surface area contributed by atoms with Gasteiger partial charge in [-0.2, -0.15) is 0 Å². The molecular formula is C13H20N2O. The number of benzene rings is 1. The minimum Gasteiger partial charge on any atom is -0.496 e. The maximum Gasteiger partial charge on any atom is 0.123 e. The van der Waals surface area contributed by atoms with E-state index < -0.39 is 0 Å². The van der Waals surface area contributed by atoms with Crippen molar-refractivity contribution in [3.63, 3.8) is 0 Å². The summed E-state index contributed by atoms with van der Waals surface area (Å²) in [7, 11) is 1.73. The van der Waals surface area contributed by atoms with Crippen LogP contribution in [0.25, 0.3) is 0 Å². The summed E-state index contributed by atoms with van der Waals surface area (Å²) in [5, 5.41) is 3.41. The Labute approximate surface area is 97.4 Å². The third kappa shape index (κ3) is 2.00. The molecule has 3 heteroatoms. The highest BCUT2D eigenvalue weighted by Gasteiger charge is 2.20. The van der Waals surface area contributed by atoms with E-state index in [1.54, 1.807) is 7.11 Å². The number of nitrogens with one attached hydrogen (secondary N) is 1. The normalized spacial score (nSPS) is 20.9. The Morgan fingerprint density at radius 3 is 2.94 bits per heavy atom. The van der Waals surface area contributed by atoms with Crippen molar-refractivity contribution in [2.75, 3.05) is 31.6 Å². The predicted molar refractivity (Wildman–Crippen MR) is 67.4 cm³/mol. The lowest BCUT2D eigenvalue weighted by Gasteiger charge is -2.37. The summed E-state index contributed by atoms with van der Waals surface area (Å²) in [5.74, 6) is 0.975. The Hall–Kier alpha value is -1.22. The molecule has 0 aromatic heterocycles. The molecule has 0 aliphatic carbocycles. The molecule has 0 spiro atoms. The first-order valence-corrected chi connectivity index (χ1v) is 5.85. The summed E-state index contributed by atoms with van der Waals surface area (Å²) < 4.78 is 5.37. The van der Waals surface area contributed by atoms with Crippen LogP contribution in [0.3, 0.4) is 0 Å². The quantitative estimate of drug-likeness (QED) is 0.822. The van der Waals surface area contributed by atoms with Gasteiger partial charge < -0.3 is 15.0 Å². The summed E-state index contributed by atoms with van der Waals surface area (Å²) in [6.45, 7) is 7.56. The molecule has 1 aromatic rings. The zero-order valence-corrected chi connectivity index (χ0v) is 10.3. The predicted octanol–water partition coefficient (Wildman–Crippen LogP) is 1.80. The van der Waals surface area contributed by atoms with E-state index >= 15 is 0 Å². The van der Waals surface area contributed by atoms with Gasteiger partial charge in [-0.3, -0.25) is 0 Å². The fraction of sp³-hybridized carbons (Fsp3) is 0.538. The second kappa shape index (κ2) is 4.74. The molecule has 1 aliphatic heterocycles. The third-order valence-corrected chi connectivity index (χ3v) is 3.29. The van der Waals surface area contributed by atoms with Gasteiger partial charge in [-0.1, -0.05) is 6.07 Å². The fourth-order valence-electron chi connectivity index (χ4n) is 2.33. The van der Waals surface area contributed by atoms with Crippen LogP contribution >= 0.6 is 0 Å². The van der Waals surface area contributed by atoms with Gasteiger partial charge in [-0.25, -0.2) is 0 Å². The Kier molecular flexibility index (Phi) is 3.34. The average molecular weight is 220 g/mol. The van der Waals surface area contributed by atoms with Gasteiger partial charge in [-0.05, 0) is 26.0 Å². The van der Waals surface area contributed by atoms with Crippen LogP contribution in [-0.2, 0) is 0 Å². The molecule has 1 N–H and O–H groups in total. The molecule has 3 nitrogen and oxygen atoms in total. The number of nitrogens with zero attached hydrogens (tertiary/aromatic N) is 1. The topological polar surface area (TPSA) is 24.5 Å². The molecule has 0 amide bonds. The Morgan fingerprint density at radius 1 is 1.44 bits per heavy atom. The molecule has 0 saturated carbocycles. The minimum atomic E-state index is 0.541. The molecule has 1 aliphatic rings. The lowest BCUT2D eigenvalue weighted by molar-refractivity contribution is 0.411. The fourth-order valence-corrected chi connectivity index (χ4v) is 2.33. The summed E-state index contributed by atoms with van der Waals surface area (Å²) in [5.41, 5.74) is 2.53. The summed E-state index contributed by atoms with van der Waals surface area (Å²) in [4.78, 5) is 2.45. The largest absolute Gasteiger partial charge is 0.496 e. The van der Waals surface area contributed by atoms with E-state index in [0.29, 0.717) is 6.04 Å². The summed E-state index contributed by atoms with van der Waals surface area (Å²) in [6.07, 6.45) is 0. The molecule has 1 atom stereocenters. The first-order valence-electron chi connectivity index (χ1n) is 5.85. The monoisotopic (exact) mass is 220 g/mol. The number of piperazine rings is 1. The highest BCUT2D eigenvalue weighted by molar-refractivity contribution is 5.59. The van der Waals surface area contributed by atoms with Gasteiger partial charge in [-0.15, -0.1) is 0 Å². The Morgan fingerprint density at radius 2 is 2.25 bits per heavy atom. The van der Waals surface area contributed by atoms with Gasteiger partial charge in [0, 0.05) is 36.9 Å². The molecular weight excluding hydrogens is 200 g/mol. The molecule has 1 aromatic carbocycles. The second-order valence-electron chi connectivity index (χ2n) is 4.35. The SMILES string of the molecule is COc1cccc(N2CCNC[C@@H]2C)c1C. The summed E-state index contributed by atoms with van der Waals surface area (Å²) >= 11 is 0. The molecule has 2 rings (SSSR count). The average Bonchev–Trinajstić information content (AvgIpc) is 2.31. The smallest absolute Gasteiger partial charge is 0.123 e. The molecule has 88 valence electrons. The minimum absolute atomic E-state index is 0.541. The highest BCUT2D eigenvalue weighted by atomic mass is 16.5. The third-order valence-electron chi connectivity index (χ3n) is 3.29. The number of hydrogen-bond acceptors (Lipinski definition) is 3. The zero-order valence-electron chi connectivity index (χ0n) is 10.3. The molecule has 1 saturated heterocycles. The summed E-state index contributed by atoms with van der Waals surface area (Å²) in [6, 6.07) is 6.81. The second-order valence-corrected chi connectivity index (χ2v) is 4.35. The van der Waals surface area contributed by atoms with E-state index in [0.717, 1.165) is 25.4 Å². The van der Waals surface area contributed by atoms with Crippen LogP contribution in [-0.4, -0.2) is 32.8 Å². The standard InChI is InChI=1S/C13H20N2O/c1-10-9-14-7-8-15(10)12-5-4-6-13(16-3)11(12)2/h4-6,10,14H,7-9H2,1-3H3/t10-/m0/s1. The van der Waals surface area contributed by atoms with Gasteiger partial charge in [0.15, 0.2) is 0 Å². The number of ether oxygens (including phenoxy) is 1.